The molecule has 0 nitrogen and oxygen atoms in total. The third kappa shape index (κ3) is 2.09. The number of rotatable bonds is 2. The van der Waals surface area contributed by atoms with Crippen LogP contribution < -0.4 is 0 Å². The lowest BCUT2D eigenvalue weighted by atomic mass is 10.0. The number of hydrogen-bond donors (Lipinski definition) is 0. The maximum atomic E-state index is 13.5. The molecule has 0 spiro atoms. The van der Waals surface area contributed by atoms with Gasteiger partial charge in [0.2, 0.25) is 0 Å². The molecule has 0 fully saturated rings. The minimum Gasteiger partial charge on any atom is -0.160 e. The quantitative estimate of drug-likeness (QED) is 0.619. The number of halogens is 4. The minimum absolute atomic E-state index is 0.216. The molecule has 1 unspecified atom stereocenters. The Morgan fingerprint density at radius 1 is 1.26 bits per heavy atom. The van der Waals surface area contributed by atoms with Crippen LogP contribution in [0.5, 0.6) is 0 Å². The lowest BCUT2D eigenvalue weighted by Gasteiger charge is -2.36. The lowest BCUT2D eigenvalue weighted by Crippen LogP contribution is -2.18. The van der Waals surface area contributed by atoms with E-state index in [4.69, 9.17) is 10.7 Å². The molecule has 106 valence electrons. The average Bonchev–Trinajstić information content (AvgIpc) is 2.64. The van der Waals surface area contributed by atoms with Crippen LogP contribution in [0.4, 0.5) is 13.2 Å². The number of allylic oxidation sites excluding steroid dienone is 1. The van der Waals surface area contributed by atoms with Gasteiger partial charge in [0.25, 0.3) is 0 Å². The smallest absolute Gasteiger partial charge is 0.160 e. The molecule has 5 heteroatoms. The van der Waals surface area contributed by atoms with E-state index in [0.717, 1.165) is 5.56 Å². The van der Waals surface area contributed by atoms with Crippen molar-refractivity contribution in [2.24, 2.45) is 5.92 Å². The number of benzene rings is 1. The molecule has 0 aliphatic carbocycles. The van der Waals surface area contributed by atoms with Crippen LogP contribution in [-0.4, -0.2) is 5.51 Å². The van der Waals surface area contributed by atoms with Crippen LogP contribution in [0.15, 0.2) is 28.0 Å². The van der Waals surface area contributed by atoms with Gasteiger partial charge in [-0.05, 0) is 60.4 Å². The fraction of sp³-hybridized carbons (Fsp3) is 0.429. The van der Waals surface area contributed by atoms with Crippen LogP contribution in [0.25, 0.3) is 6.08 Å². The first kappa shape index (κ1) is 14.8. The summed E-state index contributed by atoms with van der Waals surface area (Å²) in [6.45, 7) is 5.47. The van der Waals surface area contributed by atoms with E-state index >= 15 is 0 Å². The van der Waals surface area contributed by atoms with E-state index in [1.54, 1.807) is 26.0 Å². The normalized spacial score (nSPS) is 26.0. The molecule has 0 saturated heterocycles. The van der Waals surface area contributed by atoms with Crippen molar-refractivity contribution < 1.29 is 13.2 Å². The molecule has 1 aromatic carbocycles. The largest absolute Gasteiger partial charge is 0.445 e. The van der Waals surface area contributed by atoms with E-state index < -0.39 is 14.7 Å². The molecule has 1 aliphatic heterocycles. The van der Waals surface area contributed by atoms with Gasteiger partial charge in [-0.2, -0.15) is 13.2 Å². The SMILES string of the molecule is CCc1cccc2c1C=C(C(C)C)S2(Cl)C(F)(F)F. The molecule has 0 aromatic heterocycles. The van der Waals surface area contributed by atoms with Crippen LogP contribution in [-0.2, 0) is 6.42 Å². The zero-order valence-electron chi connectivity index (χ0n) is 11.0. The second kappa shape index (κ2) is 4.74. The zero-order chi connectivity index (χ0) is 14.4. The molecule has 2 rings (SSSR count). The van der Waals surface area contributed by atoms with E-state index in [0.29, 0.717) is 16.9 Å². The highest BCUT2D eigenvalue weighted by Gasteiger charge is 2.56. The van der Waals surface area contributed by atoms with Crippen molar-refractivity contribution in [3.8, 4) is 0 Å². The number of aryl methyl sites for hydroxylation is 1. The first-order chi connectivity index (χ1) is 8.73. The summed E-state index contributed by atoms with van der Waals surface area (Å²) in [5, 5.41) is 0. The van der Waals surface area contributed by atoms with Gasteiger partial charge in [-0.15, -0.1) is 0 Å². The summed E-state index contributed by atoms with van der Waals surface area (Å²) in [5.41, 5.74) is -2.81. The standard InChI is InChI=1S/C14H16ClF3S/c1-4-10-6-5-7-12-11(10)8-13(9(2)3)19(12,15)14(16,17)18/h5-9H,4H2,1-3H3. The minimum atomic E-state index is -4.41. The Labute approximate surface area is 117 Å². The van der Waals surface area contributed by atoms with E-state index in [1.165, 1.54) is 6.07 Å². The van der Waals surface area contributed by atoms with Gasteiger partial charge in [-0.25, -0.2) is 0 Å². The van der Waals surface area contributed by atoms with Crippen LogP contribution in [0, 0.1) is 5.92 Å². The van der Waals surface area contributed by atoms with Crippen molar-refractivity contribution in [1.82, 2.24) is 0 Å². The molecule has 0 radical (unpaired) electrons. The summed E-state index contributed by atoms with van der Waals surface area (Å²) >= 11 is 0. The van der Waals surface area contributed by atoms with Gasteiger partial charge in [0.05, 0.1) is 0 Å². The highest BCUT2D eigenvalue weighted by Crippen LogP contribution is 2.80. The molecule has 19 heavy (non-hydrogen) atoms. The van der Waals surface area contributed by atoms with E-state index in [1.807, 2.05) is 13.0 Å². The van der Waals surface area contributed by atoms with E-state index in [2.05, 4.69) is 0 Å². The molecule has 1 atom stereocenters. The Balaban J connectivity index is 2.74. The molecule has 1 heterocycles. The highest BCUT2D eigenvalue weighted by atomic mass is 35.7. The van der Waals surface area contributed by atoms with Crippen molar-refractivity contribution >= 4 is 26.0 Å². The lowest BCUT2D eigenvalue weighted by molar-refractivity contribution is -0.0360. The molecule has 0 N–H and O–H groups in total. The average molecular weight is 309 g/mol. The van der Waals surface area contributed by atoms with Gasteiger partial charge in [0, 0.05) is 4.90 Å². The summed E-state index contributed by atoms with van der Waals surface area (Å²) in [6.07, 6.45) is 2.37. The zero-order valence-corrected chi connectivity index (χ0v) is 12.6. The number of hydrogen-bond acceptors (Lipinski definition) is 0. The summed E-state index contributed by atoms with van der Waals surface area (Å²) in [5.74, 6) is -0.216. The predicted octanol–water partition coefficient (Wildman–Crippen LogP) is 6.10. The highest BCUT2D eigenvalue weighted by molar-refractivity contribution is 8.54. The third-order valence-electron chi connectivity index (χ3n) is 3.34. The van der Waals surface area contributed by atoms with Crippen molar-refractivity contribution in [3.05, 3.63) is 34.2 Å². The maximum Gasteiger partial charge on any atom is 0.445 e. The monoisotopic (exact) mass is 308 g/mol. The Morgan fingerprint density at radius 3 is 2.37 bits per heavy atom. The Bertz CT molecular complexity index is 534. The van der Waals surface area contributed by atoms with Crippen molar-refractivity contribution in [2.45, 2.75) is 37.6 Å². The molecular formula is C14H16ClF3S. The van der Waals surface area contributed by atoms with Crippen LogP contribution >= 0.6 is 19.9 Å². The van der Waals surface area contributed by atoms with Gasteiger partial charge in [0.1, 0.15) is 0 Å². The maximum absolute atomic E-state index is 13.5. The van der Waals surface area contributed by atoms with Gasteiger partial charge in [-0.3, -0.25) is 0 Å². The molecule has 0 amide bonds. The van der Waals surface area contributed by atoms with Crippen LogP contribution in [0.2, 0.25) is 0 Å². The summed E-state index contributed by atoms with van der Waals surface area (Å²) in [4.78, 5) is 0.572. The molecular weight excluding hydrogens is 293 g/mol. The van der Waals surface area contributed by atoms with Crippen LogP contribution in [0.1, 0.15) is 31.9 Å². The Kier molecular flexibility index (Phi) is 3.69. The van der Waals surface area contributed by atoms with Gasteiger partial charge >= 0.3 is 5.51 Å². The Morgan fingerprint density at radius 2 is 1.89 bits per heavy atom. The van der Waals surface area contributed by atoms with E-state index in [-0.39, 0.29) is 10.8 Å². The second-order valence-electron chi connectivity index (χ2n) is 4.87. The number of fused-ring (bicyclic) bond motifs is 1. The van der Waals surface area contributed by atoms with Crippen LogP contribution in [0.3, 0.4) is 0 Å². The first-order valence-corrected chi connectivity index (χ1v) is 8.62. The fourth-order valence-corrected chi connectivity index (χ4v) is 5.94. The van der Waals surface area contributed by atoms with Crippen molar-refractivity contribution in [3.63, 3.8) is 0 Å². The summed E-state index contributed by atoms with van der Waals surface area (Å²) in [7, 11) is 2.74. The van der Waals surface area contributed by atoms with Gasteiger partial charge in [0.15, 0.2) is 0 Å². The first-order valence-electron chi connectivity index (χ1n) is 6.16. The molecule has 1 aliphatic rings. The predicted molar refractivity (Wildman–Crippen MR) is 76.4 cm³/mol. The summed E-state index contributed by atoms with van der Waals surface area (Å²) < 4.78 is 40.6. The van der Waals surface area contributed by atoms with E-state index in [9.17, 15) is 13.2 Å². The number of alkyl halides is 3. The van der Waals surface area contributed by atoms with Gasteiger partial charge < -0.3 is 0 Å². The second-order valence-corrected chi connectivity index (χ2v) is 8.71. The van der Waals surface area contributed by atoms with Gasteiger partial charge in [-0.1, -0.05) is 32.9 Å². The molecule has 1 aromatic rings. The van der Waals surface area contributed by atoms with Crippen molar-refractivity contribution in [2.75, 3.05) is 0 Å². The Hall–Kier alpha value is -0.610. The molecule has 0 saturated carbocycles. The fourth-order valence-electron chi connectivity index (χ4n) is 2.41. The molecule has 0 bridgehead atoms. The van der Waals surface area contributed by atoms with Crippen molar-refractivity contribution in [1.29, 1.82) is 0 Å². The third-order valence-corrected chi connectivity index (χ3v) is 7.74. The summed E-state index contributed by atoms with van der Waals surface area (Å²) in [6, 6.07) is 5.06. The topological polar surface area (TPSA) is 0 Å².